The molecular formula is C16H26FNO. The molecule has 2 unspecified atom stereocenters. The monoisotopic (exact) mass is 267 g/mol. The van der Waals surface area contributed by atoms with Crippen molar-refractivity contribution in [1.82, 2.24) is 5.32 Å². The summed E-state index contributed by atoms with van der Waals surface area (Å²) in [7, 11) is 1.75. The lowest BCUT2D eigenvalue weighted by atomic mass is 9.82. The molecule has 1 aromatic carbocycles. The second-order valence-electron chi connectivity index (χ2n) is 6.02. The molecule has 1 N–H and O–H groups in total. The first-order valence-electron chi connectivity index (χ1n) is 6.89. The van der Waals surface area contributed by atoms with Crippen molar-refractivity contribution in [1.29, 1.82) is 0 Å². The van der Waals surface area contributed by atoms with Crippen LogP contribution in [0.25, 0.3) is 0 Å². The summed E-state index contributed by atoms with van der Waals surface area (Å²) in [4.78, 5) is 0. The van der Waals surface area contributed by atoms with Crippen LogP contribution in [0.4, 0.5) is 4.39 Å². The molecule has 0 heterocycles. The molecule has 19 heavy (non-hydrogen) atoms. The van der Waals surface area contributed by atoms with Crippen molar-refractivity contribution in [2.45, 2.75) is 46.3 Å². The normalized spacial score (nSPS) is 15.3. The highest BCUT2D eigenvalue weighted by Gasteiger charge is 2.31. The van der Waals surface area contributed by atoms with Gasteiger partial charge in [0.1, 0.15) is 5.82 Å². The first-order valence-corrected chi connectivity index (χ1v) is 6.89. The maximum absolute atomic E-state index is 12.9. The molecular weight excluding hydrogens is 241 g/mol. The van der Waals surface area contributed by atoms with Gasteiger partial charge in [0, 0.05) is 13.2 Å². The van der Waals surface area contributed by atoms with Gasteiger partial charge in [-0.2, -0.15) is 0 Å². The van der Waals surface area contributed by atoms with Crippen molar-refractivity contribution in [2.75, 3.05) is 13.7 Å². The van der Waals surface area contributed by atoms with E-state index in [4.69, 9.17) is 4.74 Å². The third-order valence-electron chi connectivity index (χ3n) is 3.31. The average Bonchev–Trinajstić information content (AvgIpc) is 2.31. The first kappa shape index (κ1) is 16.1. The van der Waals surface area contributed by atoms with Gasteiger partial charge in [-0.15, -0.1) is 0 Å². The van der Waals surface area contributed by atoms with Gasteiger partial charge in [-0.25, -0.2) is 4.39 Å². The predicted octanol–water partition coefficient (Wildman–Crippen LogP) is 3.41. The van der Waals surface area contributed by atoms with E-state index in [9.17, 15) is 4.39 Å². The Morgan fingerprint density at radius 2 is 1.79 bits per heavy atom. The molecule has 0 radical (unpaired) electrons. The van der Waals surface area contributed by atoms with E-state index in [1.165, 1.54) is 12.1 Å². The summed E-state index contributed by atoms with van der Waals surface area (Å²) in [5, 5.41) is 3.48. The average molecular weight is 267 g/mol. The number of benzene rings is 1. The molecule has 0 aromatic heterocycles. The SMILES string of the molecule is CCNC(Cc1ccc(F)cc1)C(OC)C(C)(C)C. The fourth-order valence-electron chi connectivity index (χ4n) is 2.54. The summed E-state index contributed by atoms with van der Waals surface area (Å²) in [5.41, 5.74) is 1.18. The van der Waals surface area contributed by atoms with E-state index in [0.29, 0.717) is 0 Å². The van der Waals surface area contributed by atoms with Crippen molar-refractivity contribution < 1.29 is 9.13 Å². The second-order valence-corrected chi connectivity index (χ2v) is 6.02. The van der Waals surface area contributed by atoms with E-state index in [0.717, 1.165) is 18.5 Å². The van der Waals surface area contributed by atoms with Gasteiger partial charge >= 0.3 is 0 Å². The summed E-state index contributed by atoms with van der Waals surface area (Å²) >= 11 is 0. The molecule has 1 aromatic rings. The van der Waals surface area contributed by atoms with E-state index < -0.39 is 0 Å². The van der Waals surface area contributed by atoms with Crippen molar-refractivity contribution in [3.05, 3.63) is 35.6 Å². The Morgan fingerprint density at radius 1 is 1.21 bits per heavy atom. The summed E-state index contributed by atoms with van der Waals surface area (Å²) in [6.07, 6.45) is 0.946. The molecule has 0 amide bonds. The van der Waals surface area contributed by atoms with Crippen LogP contribution in [0.5, 0.6) is 0 Å². The Morgan fingerprint density at radius 3 is 2.21 bits per heavy atom. The molecule has 0 spiro atoms. The summed E-state index contributed by atoms with van der Waals surface area (Å²) in [6, 6.07) is 6.93. The van der Waals surface area contributed by atoms with E-state index >= 15 is 0 Å². The van der Waals surface area contributed by atoms with Gasteiger partial charge in [-0.3, -0.25) is 0 Å². The zero-order valence-electron chi connectivity index (χ0n) is 12.7. The Kier molecular flexibility index (Phi) is 5.95. The second kappa shape index (κ2) is 7.01. The number of likely N-dealkylation sites (N-methyl/N-ethyl adjacent to an activating group) is 1. The van der Waals surface area contributed by atoms with E-state index in [1.807, 2.05) is 12.1 Å². The highest BCUT2D eigenvalue weighted by molar-refractivity contribution is 5.17. The quantitative estimate of drug-likeness (QED) is 0.853. The van der Waals surface area contributed by atoms with E-state index in [2.05, 4.69) is 33.0 Å². The van der Waals surface area contributed by atoms with Crippen LogP contribution in [-0.2, 0) is 11.2 Å². The van der Waals surface area contributed by atoms with Crippen LogP contribution in [0, 0.1) is 11.2 Å². The molecule has 0 aliphatic carbocycles. The van der Waals surface area contributed by atoms with Crippen molar-refractivity contribution in [3.63, 3.8) is 0 Å². The summed E-state index contributed by atoms with van der Waals surface area (Å²) in [6.45, 7) is 9.51. The Balaban J connectivity index is 2.84. The molecule has 1 rings (SSSR count). The number of ether oxygens (including phenoxy) is 1. The van der Waals surface area contributed by atoms with Crippen LogP contribution in [0.15, 0.2) is 24.3 Å². The van der Waals surface area contributed by atoms with Crippen LogP contribution in [0.3, 0.4) is 0 Å². The lowest BCUT2D eigenvalue weighted by Gasteiger charge is -2.36. The standard InChI is InChI=1S/C16H26FNO/c1-6-18-14(15(19-5)16(2,3)4)11-12-7-9-13(17)10-8-12/h7-10,14-15,18H,6,11H2,1-5H3. The largest absolute Gasteiger partial charge is 0.379 e. The third kappa shape index (κ3) is 4.92. The molecule has 0 fully saturated rings. The van der Waals surface area contributed by atoms with Crippen LogP contribution in [0.1, 0.15) is 33.3 Å². The maximum atomic E-state index is 12.9. The number of halogens is 1. The molecule has 0 aliphatic rings. The maximum Gasteiger partial charge on any atom is 0.123 e. The van der Waals surface area contributed by atoms with Gasteiger partial charge in [-0.1, -0.05) is 39.8 Å². The van der Waals surface area contributed by atoms with Gasteiger partial charge in [0.05, 0.1) is 6.10 Å². The van der Waals surface area contributed by atoms with E-state index in [1.54, 1.807) is 7.11 Å². The third-order valence-corrected chi connectivity index (χ3v) is 3.31. The molecule has 0 saturated heterocycles. The fraction of sp³-hybridized carbons (Fsp3) is 0.625. The number of nitrogens with one attached hydrogen (secondary N) is 1. The minimum absolute atomic E-state index is 0.0572. The summed E-state index contributed by atoms with van der Waals surface area (Å²) in [5.74, 6) is -0.192. The minimum atomic E-state index is -0.192. The molecule has 0 aliphatic heterocycles. The summed E-state index contributed by atoms with van der Waals surface area (Å²) < 4.78 is 18.6. The molecule has 2 atom stereocenters. The minimum Gasteiger partial charge on any atom is -0.379 e. The zero-order chi connectivity index (χ0) is 14.5. The number of hydrogen-bond donors (Lipinski definition) is 1. The lowest BCUT2D eigenvalue weighted by molar-refractivity contribution is -0.0106. The molecule has 2 nitrogen and oxygen atoms in total. The highest BCUT2D eigenvalue weighted by Crippen LogP contribution is 2.26. The van der Waals surface area contributed by atoms with Crippen LogP contribution in [-0.4, -0.2) is 25.8 Å². The lowest BCUT2D eigenvalue weighted by Crippen LogP contribution is -2.48. The van der Waals surface area contributed by atoms with Crippen LogP contribution < -0.4 is 5.32 Å². The smallest absolute Gasteiger partial charge is 0.123 e. The fourth-order valence-corrected chi connectivity index (χ4v) is 2.54. The van der Waals surface area contributed by atoms with Gasteiger partial charge < -0.3 is 10.1 Å². The predicted molar refractivity (Wildman–Crippen MR) is 77.8 cm³/mol. The molecule has 3 heteroatoms. The van der Waals surface area contributed by atoms with Crippen molar-refractivity contribution in [2.24, 2.45) is 5.41 Å². The molecule has 0 saturated carbocycles. The van der Waals surface area contributed by atoms with Crippen LogP contribution in [0.2, 0.25) is 0 Å². The van der Waals surface area contributed by atoms with E-state index in [-0.39, 0.29) is 23.4 Å². The Hall–Kier alpha value is -0.930. The van der Waals surface area contributed by atoms with Gasteiger partial charge in [0.2, 0.25) is 0 Å². The number of hydrogen-bond acceptors (Lipinski definition) is 2. The topological polar surface area (TPSA) is 21.3 Å². The Labute approximate surface area is 116 Å². The van der Waals surface area contributed by atoms with Gasteiger partial charge in [-0.05, 0) is 36.1 Å². The molecule has 0 bridgehead atoms. The van der Waals surface area contributed by atoms with Gasteiger partial charge in [0.15, 0.2) is 0 Å². The Bertz CT molecular complexity index is 369. The zero-order valence-corrected chi connectivity index (χ0v) is 12.7. The van der Waals surface area contributed by atoms with Crippen molar-refractivity contribution in [3.8, 4) is 0 Å². The number of rotatable bonds is 6. The first-order chi connectivity index (χ1) is 8.88. The highest BCUT2D eigenvalue weighted by atomic mass is 19.1. The van der Waals surface area contributed by atoms with Crippen LogP contribution >= 0.6 is 0 Å². The molecule has 108 valence electrons. The van der Waals surface area contributed by atoms with Crippen molar-refractivity contribution >= 4 is 0 Å². The number of methoxy groups -OCH3 is 1. The van der Waals surface area contributed by atoms with Gasteiger partial charge in [0.25, 0.3) is 0 Å².